The second-order valence-electron chi connectivity index (χ2n) is 5.74. The van der Waals surface area contributed by atoms with Crippen LogP contribution in [-0.2, 0) is 16.9 Å². The third-order valence-electron chi connectivity index (χ3n) is 4.25. The largest absolute Gasteiger partial charge is 0.377 e. The Morgan fingerprint density at radius 3 is 1.79 bits per heavy atom. The van der Waals surface area contributed by atoms with Gasteiger partial charge in [0.2, 0.25) is 0 Å². The summed E-state index contributed by atoms with van der Waals surface area (Å²) in [5.74, 6) is 0. The van der Waals surface area contributed by atoms with Crippen molar-refractivity contribution in [1.29, 1.82) is 0 Å². The van der Waals surface area contributed by atoms with Crippen molar-refractivity contribution in [2.24, 2.45) is 0 Å². The van der Waals surface area contributed by atoms with Crippen molar-refractivity contribution in [3.8, 4) is 0 Å². The molecule has 0 heterocycles. The van der Waals surface area contributed by atoms with Crippen molar-refractivity contribution < 1.29 is 9.84 Å². The number of ether oxygens (including phenoxy) is 1. The van der Waals surface area contributed by atoms with Gasteiger partial charge in [0, 0.05) is 6.61 Å². The van der Waals surface area contributed by atoms with Gasteiger partial charge in [-0.15, -0.1) is 0 Å². The van der Waals surface area contributed by atoms with Crippen molar-refractivity contribution in [2.75, 3.05) is 6.61 Å². The minimum Gasteiger partial charge on any atom is -0.377 e. The third-order valence-corrected chi connectivity index (χ3v) is 4.25. The van der Waals surface area contributed by atoms with Crippen LogP contribution in [0.4, 0.5) is 0 Å². The summed E-state index contributed by atoms with van der Waals surface area (Å²) in [5.41, 5.74) is 2.33. The first kappa shape index (κ1) is 16.4. The van der Waals surface area contributed by atoms with E-state index >= 15 is 0 Å². The zero-order valence-electron chi connectivity index (χ0n) is 13.9. The fourth-order valence-corrected chi connectivity index (χ4v) is 3.05. The van der Waals surface area contributed by atoms with E-state index in [2.05, 4.69) is 0 Å². The van der Waals surface area contributed by atoms with Gasteiger partial charge in [0.05, 0.1) is 6.61 Å². The summed E-state index contributed by atoms with van der Waals surface area (Å²) in [6.07, 6.45) is 0. The van der Waals surface area contributed by atoms with Gasteiger partial charge < -0.3 is 9.84 Å². The van der Waals surface area contributed by atoms with E-state index in [1.807, 2.05) is 91.9 Å². The molecular formula is C22H22O2. The summed E-state index contributed by atoms with van der Waals surface area (Å²) < 4.78 is 5.62. The van der Waals surface area contributed by atoms with E-state index in [1.165, 1.54) is 0 Å². The van der Waals surface area contributed by atoms with Gasteiger partial charge in [-0.3, -0.25) is 0 Å². The second kappa shape index (κ2) is 7.43. The predicted octanol–water partition coefficient (Wildman–Crippen LogP) is 4.51. The molecule has 2 nitrogen and oxygen atoms in total. The van der Waals surface area contributed by atoms with Gasteiger partial charge >= 0.3 is 0 Å². The Bertz CT molecular complexity index is 727. The molecule has 0 aliphatic rings. The molecule has 0 radical (unpaired) electrons. The fourth-order valence-electron chi connectivity index (χ4n) is 3.05. The normalized spacial score (nSPS) is 11.4. The van der Waals surface area contributed by atoms with Gasteiger partial charge in [0.15, 0.2) is 0 Å². The highest BCUT2D eigenvalue weighted by atomic mass is 16.5. The zero-order valence-corrected chi connectivity index (χ0v) is 13.9. The van der Waals surface area contributed by atoms with Crippen LogP contribution in [-0.4, -0.2) is 11.7 Å². The highest BCUT2D eigenvalue weighted by molar-refractivity contribution is 5.49. The molecule has 24 heavy (non-hydrogen) atoms. The van der Waals surface area contributed by atoms with Gasteiger partial charge in [-0.25, -0.2) is 0 Å². The monoisotopic (exact) mass is 318 g/mol. The lowest BCUT2D eigenvalue weighted by atomic mass is 9.78. The average Bonchev–Trinajstić information content (AvgIpc) is 2.67. The topological polar surface area (TPSA) is 29.5 Å². The van der Waals surface area contributed by atoms with Crippen LogP contribution in [0.1, 0.15) is 29.2 Å². The molecular weight excluding hydrogens is 296 g/mol. The molecule has 0 atom stereocenters. The zero-order chi connectivity index (χ0) is 16.8. The summed E-state index contributed by atoms with van der Waals surface area (Å²) >= 11 is 0. The molecule has 0 saturated carbocycles. The molecule has 122 valence electrons. The highest BCUT2D eigenvalue weighted by Gasteiger charge is 2.35. The lowest BCUT2D eigenvalue weighted by molar-refractivity contribution is 0.110. The molecule has 0 fully saturated rings. The number of hydrogen-bond acceptors (Lipinski definition) is 2. The Labute approximate surface area is 143 Å². The van der Waals surface area contributed by atoms with E-state index < -0.39 is 5.60 Å². The first-order valence-electron chi connectivity index (χ1n) is 8.26. The van der Waals surface area contributed by atoms with Crippen molar-refractivity contribution in [3.63, 3.8) is 0 Å². The SMILES string of the molecule is CCOCc1ccccc1C(O)(c1ccccc1)c1ccccc1. The minimum atomic E-state index is -1.21. The Morgan fingerprint density at radius 2 is 1.25 bits per heavy atom. The maximum atomic E-state index is 11.8. The second-order valence-corrected chi connectivity index (χ2v) is 5.74. The molecule has 3 aromatic rings. The van der Waals surface area contributed by atoms with E-state index in [-0.39, 0.29) is 0 Å². The van der Waals surface area contributed by atoms with Gasteiger partial charge in [-0.05, 0) is 29.2 Å². The number of aliphatic hydroxyl groups is 1. The third kappa shape index (κ3) is 3.12. The molecule has 1 N–H and O–H groups in total. The van der Waals surface area contributed by atoms with Crippen LogP contribution in [0.5, 0.6) is 0 Å². The van der Waals surface area contributed by atoms with Crippen molar-refractivity contribution >= 4 is 0 Å². The van der Waals surface area contributed by atoms with E-state index in [0.717, 1.165) is 22.3 Å². The van der Waals surface area contributed by atoms with Crippen molar-refractivity contribution in [1.82, 2.24) is 0 Å². The molecule has 2 heteroatoms. The number of hydrogen-bond donors (Lipinski definition) is 1. The van der Waals surface area contributed by atoms with Crippen LogP contribution in [0.3, 0.4) is 0 Å². The summed E-state index contributed by atoms with van der Waals surface area (Å²) in [6, 6.07) is 27.5. The molecule has 0 saturated heterocycles. The lowest BCUT2D eigenvalue weighted by Gasteiger charge is -2.32. The molecule has 0 spiro atoms. The van der Waals surface area contributed by atoms with Gasteiger partial charge in [-0.1, -0.05) is 84.9 Å². The van der Waals surface area contributed by atoms with E-state index in [4.69, 9.17) is 4.74 Å². The van der Waals surface area contributed by atoms with E-state index in [0.29, 0.717) is 13.2 Å². The van der Waals surface area contributed by atoms with Crippen LogP contribution in [0, 0.1) is 0 Å². The van der Waals surface area contributed by atoms with Crippen LogP contribution >= 0.6 is 0 Å². The standard InChI is InChI=1S/C22H22O2/c1-2-24-17-18-11-9-10-16-21(18)22(23,19-12-5-3-6-13-19)20-14-7-4-8-15-20/h3-16,23H,2,17H2,1H3. The van der Waals surface area contributed by atoms with Gasteiger partial charge in [0.1, 0.15) is 5.60 Å². The average molecular weight is 318 g/mol. The minimum absolute atomic E-state index is 0.481. The first-order valence-corrected chi connectivity index (χ1v) is 8.26. The Hall–Kier alpha value is -2.42. The molecule has 0 aromatic heterocycles. The van der Waals surface area contributed by atoms with E-state index in [1.54, 1.807) is 0 Å². The predicted molar refractivity (Wildman–Crippen MR) is 96.8 cm³/mol. The summed E-state index contributed by atoms with van der Waals surface area (Å²) in [7, 11) is 0. The summed E-state index contributed by atoms with van der Waals surface area (Å²) in [4.78, 5) is 0. The quantitative estimate of drug-likeness (QED) is 0.678. The first-order chi connectivity index (χ1) is 11.8. The molecule has 0 aliphatic carbocycles. The molecule has 0 aliphatic heterocycles. The molecule has 0 bridgehead atoms. The molecule has 3 aromatic carbocycles. The Kier molecular flexibility index (Phi) is 5.09. The highest BCUT2D eigenvalue weighted by Crippen LogP contribution is 2.38. The van der Waals surface area contributed by atoms with Crippen LogP contribution in [0.15, 0.2) is 84.9 Å². The Balaban J connectivity index is 2.20. The molecule has 0 unspecified atom stereocenters. The van der Waals surface area contributed by atoms with Crippen LogP contribution < -0.4 is 0 Å². The molecule has 0 amide bonds. The summed E-state index contributed by atoms with van der Waals surface area (Å²) in [5, 5.41) is 11.8. The number of benzene rings is 3. The van der Waals surface area contributed by atoms with Gasteiger partial charge in [0.25, 0.3) is 0 Å². The van der Waals surface area contributed by atoms with E-state index in [9.17, 15) is 5.11 Å². The van der Waals surface area contributed by atoms with Crippen LogP contribution in [0.2, 0.25) is 0 Å². The maximum Gasteiger partial charge on any atom is 0.140 e. The van der Waals surface area contributed by atoms with Crippen molar-refractivity contribution in [2.45, 2.75) is 19.1 Å². The molecule has 3 rings (SSSR count). The lowest BCUT2D eigenvalue weighted by Crippen LogP contribution is -2.30. The fraction of sp³-hybridized carbons (Fsp3) is 0.182. The Morgan fingerprint density at radius 1 is 0.750 bits per heavy atom. The van der Waals surface area contributed by atoms with Crippen LogP contribution in [0.25, 0.3) is 0 Å². The number of rotatable bonds is 6. The maximum absolute atomic E-state index is 11.8. The van der Waals surface area contributed by atoms with Gasteiger partial charge in [-0.2, -0.15) is 0 Å². The van der Waals surface area contributed by atoms with Crippen molar-refractivity contribution in [3.05, 3.63) is 107 Å². The smallest absolute Gasteiger partial charge is 0.140 e. The summed E-state index contributed by atoms with van der Waals surface area (Å²) in [6.45, 7) is 3.10.